The van der Waals surface area contributed by atoms with Crippen molar-refractivity contribution in [2.75, 3.05) is 0 Å². The monoisotopic (exact) mass is 756 g/mol. The van der Waals surface area contributed by atoms with Gasteiger partial charge in [-0.25, -0.2) is 15.0 Å². The fourth-order valence-corrected chi connectivity index (χ4v) is 9.83. The molecule has 0 fully saturated rings. The van der Waals surface area contributed by atoms with Gasteiger partial charge >= 0.3 is 0 Å². The molecule has 0 amide bonds. The summed E-state index contributed by atoms with van der Waals surface area (Å²) in [7, 11) is 0. The van der Waals surface area contributed by atoms with Crippen molar-refractivity contribution in [1.82, 2.24) is 19.5 Å². The van der Waals surface area contributed by atoms with Crippen molar-refractivity contribution in [2.45, 2.75) is 0 Å². The molecule has 5 heteroatoms. The van der Waals surface area contributed by atoms with Gasteiger partial charge in [0, 0.05) is 53.0 Å². The van der Waals surface area contributed by atoms with Gasteiger partial charge in [0.2, 0.25) is 0 Å². The van der Waals surface area contributed by atoms with Crippen LogP contribution in [0.1, 0.15) is 0 Å². The molecule has 0 saturated carbocycles. The molecular formula is C53H32N4S. The van der Waals surface area contributed by atoms with Crippen LogP contribution in [0.5, 0.6) is 0 Å². The molecule has 0 aliphatic carbocycles. The van der Waals surface area contributed by atoms with E-state index >= 15 is 0 Å². The van der Waals surface area contributed by atoms with E-state index in [0.717, 1.165) is 44.3 Å². The summed E-state index contributed by atoms with van der Waals surface area (Å²) in [5, 5.41) is 9.64. The van der Waals surface area contributed by atoms with Crippen LogP contribution < -0.4 is 0 Å². The Kier molecular flexibility index (Phi) is 7.37. The summed E-state index contributed by atoms with van der Waals surface area (Å²) in [4.78, 5) is 15.8. The van der Waals surface area contributed by atoms with E-state index in [1.807, 2.05) is 6.07 Å². The molecule has 12 aromatic rings. The first-order chi connectivity index (χ1) is 28.7. The number of benzene rings is 9. The van der Waals surface area contributed by atoms with Crippen molar-refractivity contribution in [3.8, 4) is 51.0 Å². The van der Waals surface area contributed by atoms with Crippen LogP contribution in [-0.4, -0.2) is 19.5 Å². The first-order valence-electron chi connectivity index (χ1n) is 19.5. The summed E-state index contributed by atoms with van der Waals surface area (Å²) in [6, 6.07) is 69.2. The normalized spacial score (nSPS) is 11.8. The molecule has 0 atom stereocenters. The molecule has 0 aliphatic heterocycles. The van der Waals surface area contributed by atoms with Crippen molar-refractivity contribution in [1.29, 1.82) is 0 Å². The summed E-state index contributed by atoms with van der Waals surface area (Å²) in [6.45, 7) is 0. The highest BCUT2D eigenvalue weighted by Crippen LogP contribution is 2.40. The molecule has 0 aliphatic rings. The van der Waals surface area contributed by atoms with Crippen molar-refractivity contribution >= 4 is 74.9 Å². The molecule has 0 bridgehead atoms. The lowest BCUT2D eigenvalue weighted by molar-refractivity contribution is 1.08. The van der Waals surface area contributed by atoms with Gasteiger partial charge in [-0.1, -0.05) is 152 Å². The lowest BCUT2D eigenvalue weighted by Gasteiger charge is -2.15. The van der Waals surface area contributed by atoms with Crippen LogP contribution >= 0.6 is 11.3 Å². The van der Waals surface area contributed by atoms with E-state index in [1.165, 1.54) is 52.8 Å². The number of aromatic nitrogens is 4. The standard InChI is InChI=1S/C53H32N4S/c1-2-13-33(14-3-1)34-17-10-18-37(29-34)51-54-52(38-27-28-43-42-20-7-9-26-49(42)58-50(43)32-38)56-53(55-51)44-23-11-22-40-39(44)21-12-25-47(40)57-46-24-8-6-19-41(46)45-30-35-15-4-5-16-36(35)31-48(45)57/h1-32H. The summed E-state index contributed by atoms with van der Waals surface area (Å²) < 4.78 is 4.90. The summed E-state index contributed by atoms with van der Waals surface area (Å²) in [5.74, 6) is 1.92. The molecule has 0 N–H and O–H groups in total. The zero-order chi connectivity index (χ0) is 38.2. The number of nitrogens with zero attached hydrogens (tertiary/aromatic N) is 4. The third-order valence-corrected chi connectivity index (χ3v) is 12.6. The third-order valence-electron chi connectivity index (χ3n) is 11.4. The second-order valence-electron chi connectivity index (χ2n) is 14.8. The van der Waals surface area contributed by atoms with Gasteiger partial charge in [0.25, 0.3) is 0 Å². The molecule has 12 rings (SSSR count). The maximum Gasteiger partial charge on any atom is 0.164 e. The van der Waals surface area contributed by atoms with E-state index < -0.39 is 0 Å². The maximum absolute atomic E-state index is 5.29. The van der Waals surface area contributed by atoms with Crippen LogP contribution in [-0.2, 0) is 0 Å². The Morgan fingerprint density at radius 2 is 0.948 bits per heavy atom. The zero-order valence-corrected chi connectivity index (χ0v) is 32.0. The predicted molar refractivity (Wildman–Crippen MR) is 244 cm³/mol. The molecule has 0 radical (unpaired) electrons. The van der Waals surface area contributed by atoms with Gasteiger partial charge in [0.05, 0.1) is 16.7 Å². The highest BCUT2D eigenvalue weighted by molar-refractivity contribution is 7.25. The summed E-state index contributed by atoms with van der Waals surface area (Å²) >= 11 is 1.80. The number of rotatable bonds is 5. The fourth-order valence-electron chi connectivity index (χ4n) is 8.69. The second-order valence-corrected chi connectivity index (χ2v) is 15.9. The highest BCUT2D eigenvalue weighted by Gasteiger charge is 2.19. The van der Waals surface area contributed by atoms with Crippen molar-refractivity contribution in [2.24, 2.45) is 0 Å². The number of para-hydroxylation sites is 1. The van der Waals surface area contributed by atoms with Gasteiger partial charge in [-0.3, -0.25) is 0 Å². The molecule has 3 aromatic heterocycles. The Labute approximate surface area is 338 Å². The van der Waals surface area contributed by atoms with Gasteiger partial charge in [0.15, 0.2) is 17.5 Å². The van der Waals surface area contributed by atoms with E-state index in [9.17, 15) is 0 Å². The molecule has 58 heavy (non-hydrogen) atoms. The Morgan fingerprint density at radius 1 is 0.328 bits per heavy atom. The van der Waals surface area contributed by atoms with Crippen LogP contribution in [0.3, 0.4) is 0 Å². The second kappa shape index (κ2) is 13.1. The van der Waals surface area contributed by atoms with E-state index in [0.29, 0.717) is 17.5 Å². The van der Waals surface area contributed by atoms with E-state index in [-0.39, 0.29) is 0 Å². The van der Waals surface area contributed by atoms with Crippen molar-refractivity contribution in [3.05, 3.63) is 194 Å². The summed E-state index contributed by atoms with van der Waals surface area (Å²) in [6.07, 6.45) is 0. The number of fused-ring (bicyclic) bond motifs is 8. The molecule has 270 valence electrons. The van der Waals surface area contributed by atoms with E-state index in [4.69, 9.17) is 15.0 Å². The van der Waals surface area contributed by atoms with E-state index in [2.05, 4.69) is 193 Å². The molecule has 9 aromatic carbocycles. The smallest absolute Gasteiger partial charge is 0.164 e. The molecule has 0 spiro atoms. The first-order valence-corrected chi connectivity index (χ1v) is 20.3. The third kappa shape index (κ3) is 5.25. The number of hydrogen-bond donors (Lipinski definition) is 0. The molecule has 3 heterocycles. The van der Waals surface area contributed by atoms with Gasteiger partial charge in [0.1, 0.15) is 0 Å². The first kappa shape index (κ1) is 32.7. The zero-order valence-electron chi connectivity index (χ0n) is 31.2. The fraction of sp³-hybridized carbons (Fsp3) is 0. The topological polar surface area (TPSA) is 43.6 Å². The number of thiophene rings is 1. The van der Waals surface area contributed by atoms with Gasteiger partial charge in [-0.15, -0.1) is 11.3 Å². The Morgan fingerprint density at radius 3 is 1.83 bits per heavy atom. The van der Waals surface area contributed by atoms with Gasteiger partial charge in [-0.05, 0) is 69.8 Å². The lowest BCUT2D eigenvalue weighted by Crippen LogP contribution is -2.01. The van der Waals surface area contributed by atoms with Crippen LogP contribution in [0.25, 0.3) is 115 Å². The van der Waals surface area contributed by atoms with Crippen LogP contribution in [0, 0.1) is 0 Å². The predicted octanol–water partition coefficient (Wildman–Crippen LogP) is 14.3. The molecular weight excluding hydrogens is 725 g/mol. The van der Waals surface area contributed by atoms with E-state index in [1.54, 1.807) is 11.3 Å². The largest absolute Gasteiger partial charge is 0.309 e. The minimum atomic E-state index is 0.636. The Balaban J connectivity index is 1.08. The minimum Gasteiger partial charge on any atom is -0.309 e. The number of hydrogen-bond acceptors (Lipinski definition) is 4. The maximum atomic E-state index is 5.29. The van der Waals surface area contributed by atoms with Gasteiger partial charge < -0.3 is 4.57 Å². The quantitative estimate of drug-likeness (QED) is 0.176. The average Bonchev–Trinajstić information content (AvgIpc) is 3.82. The summed E-state index contributed by atoms with van der Waals surface area (Å²) in [5.41, 5.74) is 8.58. The lowest BCUT2D eigenvalue weighted by atomic mass is 10.0. The average molecular weight is 757 g/mol. The minimum absolute atomic E-state index is 0.636. The molecule has 4 nitrogen and oxygen atoms in total. The Hall–Kier alpha value is -7.47. The highest BCUT2D eigenvalue weighted by atomic mass is 32.1. The van der Waals surface area contributed by atoms with Crippen LogP contribution in [0.4, 0.5) is 0 Å². The SMILES string of the molecule is c1ccc(-c2cccc(-c3nc(-c4ccc5c(c4)sc4ccccc45)nc(-c4cccc5c(-n6c7ccccc7c7cc8ccccc8cc76)cccc45)n3)c2)cc1. The van der Waals surface area contributed by atoms with Gasteiger partial charge in [-0.2, -0.15) is 0 Å². The Bertz CT molecular complexity index is 3580. The van der Waals surface area contributed by atoms with Crippen molar-refractivity contribution < 1.29 is 0 Å². The van der Waals surface area contributed by atoms with Crippen LogP contribution in [0.15, 0.2) is 194 Å². The van der Waals surface area contributed by atoms with Crippen molar-refractivity contribution in [3.63, 3.8) is 0 Å². The van der Waals surface area contributed by atoms with Crippen LogP contribution in [0.2, 0.25) is 0 Å². The molecule has 0 unspecified atom stereocenters. The molecule has 0 saturated heterocycles.